The summed E-state index contributed by atoms with van der Waals surface area (Å²) >= 11 is 9.41. The van der Waals surface area contributed by atoms with Gasteiger partial charge in [0.25, 0.3) is 0 Å². The molecule has 0 saturated carbocycles. The van der Waals surface area contributed by atoms with Gasteiger partial charge in [-0.15, -0.1) is 0 Å². The maximum Gasteiger partial charge on any atom is 0.229 e. The van der Waals surface area contributed by atoms with E-state index in [9.17, 15) is 0 Å². The molecule has 4 nitrogen and oxygen atoms in total. The van der Waals surface area contributed by atoms with Gasteiger partial charge in [-0.25, -0.2) is 4.98 Å². The number of anilines is 4. The fraction of sp³-hybridized carbons (Fsp3) is 0.0588. The Morgan fingerprint density at radius 3 is 2.43 bits per heavy atom. The summed E-state index contributed by atoms with van der Waals surface area (Å²) in [7, 11) is 0. The van der Waals surface area contributed by atoms with Crippen LogP contribution in [-0.4, -0.2) is 9.97 Å². The zero-order valence-electron chi connectivity index (χ0n) is 12.3. The number of rotatable bonds is 4. The Bertz CT molecular complexity index is 821. The van der Waals surface area contributed by atoms with Gasteiger partial charge in [0.05, 0.1) is 5.69 Å². The first-order chi connectivity index (χ1) is 11.1. The van der Waals surface area contributed by atoms with Crippen LogP contribution < -0.4 is 10.6 Å². The molecule has 2 aromatic carbocycles. The van der Waals surface area contributed by atoms with Crippen LogP contribution in [0.4, 0.5) is 23.1 Å². The summed E-state index contributed by atoms with van der Waals surface area (Å²) in [5.74, 6) is 1.25. The van der Waals surface area contributed by atoms with E-state index in [-0.39, 0.29) is 0 Å². The molecule has 0 radical (unpaired) electrons. The lowest BCUT2D eigenvalue weighted by Crippen LogP contribution is -2.02. The SMILES string of the molecule is Cc1cc(Nc2ccccc2Br)nc(Nc2ccc(Cl)cc2)n1. The summed E-state index contributed by atoms with van der Waals surface area (Å²) in [6.45, 7) is 1.93. The number of benzene rings is 2. The maximum absolute atomic E-state index is 5.90. The van der Waals surface area contributed by atoms with Crippen molar-refractivity contribution in [2.24, 2.45) is 0 Å². The van der Waals surface area contributed by atoms with E-state index in [1.807, 2.05) is 61.5 Å². The lowest BCUT2D eigenvalue weighted by atomic mass is 10.3. The van der Waals surface area contributed by atoms with E-state index in [0.29, 0.717) is 11.0 Å². The minimum atomic E-state index is 0.530. The molecule has 0 aliphatic heterocycles. The zero-order chi connectivity index (χ0) is 16.2. The number of hydrogen-bond donors (Lipinski definition) is 2. The van der Waals surface area contributed by atoms with E-state index < -0.39 is 0 Å². The summed E-state index contributed by atoms with van der Waals surface area (Å²) in [4.78, 5) is 8.91. The van der Waals surface area contributed by atoms with Crippen molar-refractivity contribution in [2.45, 2.75) is 6.92 Å². The Morgan fingerprint density at radius 1 is 0.957 bits per heavy atom. The molecule has 0 saturated heterocycles. The number of para-hydroxylation sites is 1. The molecule has 0 unspecified atom stereocenters. The molecule has 0 atom stereocenters. The second-order valence-electron chi connectivity index (χ2n) is 4.95. The fourth-order valence-electron chi connectivity index (χ4n) is 2.05. The van der Waals surface area contributed by atoms with Crippen molar-refractivity contribution in [3.63, 3.8) is 0 Å². The third-order valence-corrected chi connectivity index (χ3v) is 4.03. The highest BCUT2D eigenvalue weighted by molar-refractivity contribution is 9.10. The van der Waals surface area contributed by atoms with Crippen molar-refractivity contribution in [2.75, 3.05) is 10.6 Å². The van der Waals surface area contributed by atoms with Gasteiger partial charge in [0.2, 0.25) is 5.95 Å². The fourth-order valence-corrected chi connectivity index (χ4v) is 2.56. The first-order valence-corrected chi connectivity index (χ1v) is 8.17. The summed E-state index contributed by atoms with van der Waals surface area (Å²) in [5, 5.41) is 7.16. The van der Waals surface area contributed by atoms with Crippen LogP contribution in [0.15, 0.2) is 59.1 Å². The Morgan fingerprint density at radius 2 is 1.70 bits per heavy atom. The van der Waals surface area contributed by atoms with Gasteiger partial charge in [0.1, 0.15) is 5.82 Å². The second kappa shape index (κ2) is 6.98. The van der Waals surface area contributed by atoms with Gasteiger partial charge in [0.15, 0.2) is 0 Å². The molecular weight excluding hydrogens is 376 g/mol. The van der Waals surface area contributed by atoms with Gasteiger partial charge in [0, 0.05) is 26.9 Å². The Balaban J connectivity index is 1.84. The number of aryl methyl sites for hydroxylation is 1. The number of hydrogen-bond acceptors (Lipinski definition) is 4. The lowest BCUT2D eigenvalue weighted by molar-refractivity contribution is 1.11. The van der Waals surface area contributed by atoms with Crippen molar-refractivity contribution < 1.29 is 0 Å². The van der Waals surface area contributed by atoms with Gasteiger partial charge in [-0.1, -0.05) is 23.7 Å². The van der Waals surface area contributed by atoms with E-state index in [2.05, 4.69) is 36.5 Å². The number of nitrogens with one attached hydrogen (secondary N) is 2. The molecule has 1 heterocycles. The van der Waals surface area contributed by atoms with Crippen molar-refractivity contribution >= 4 is 50.7 Å². The van der Waals surface area contributed by atoms with Crippen LogP contribution in [0.25, 0.3) is 0 Å². The quantitative estimate of drug-likeness (QED) is 0.602. The molecular formula is C17H14BrClN4. The van der Waals surface area contributed by atoms with E-state index in [4.69, 9.17) is 11.6 Å². The van der Waals surface area contributed by atoms with E-state index in [0.717, 1.165) is 27.4 Å². The first kappa shape index (κ1) is 15.8. The van der Waals surface area contributed by atoms with Crippen molar-refractivity contribution in [3.05, 3.63) is 69.8 Å². The second-order valence-corrected chi connectivity index (χ2v) is 6.25. The van der Waals surface area contributed by atoms with Crippen LogP contribution in [0, 0.1) is 6.92 Å². The number of nitrogens with zero attached hydrogens (tertiary/aromatic N) is 2. The highest BCUT2D eigenvalue weighted by Crippen LogP contribution is 2.25. The van der Waals surface area contributed by atoms with Gasteiger partial charge in [-0.05, 0) is 59.3 Å². The van der Waals surface area contributed by atoms with Gasteiger partial charge >= 0.3 is 0 Å². The van der Waals surface area contributed by atoms with Crippen molar-refractivity contribution in [3.8, 4) is 0 Å². The molecule has 2 N–H and O–H groups in total. The van der Waals surface area contributed by atoms with E-state index in [1.165, 1.54) is 0 Å². The third kappa shape index (κ3) is 4.21. The standard InChI is InChI=1S/C17H14BrClN4/c1-11-10-16(22-15-5-3-2-4-14(15)18)23-17(20-11)21-13-8-6-12(19)7-9-13/h2-10H,1H3,(H2,20,21,22,23). The molecule has 116 valence electrons. The molecule has 0 amide bonds. The van der Waals surface area contributed by atoms with Crippen molar-refractivity contribution in [1.29, 1.82) is 0 Å². The predicted octanol–water partition coefficient (Wildman–Crippen LogP) is 5.69. The summed E-state index contributed by atoms with van der Waals surface area (Å²) in [5.41, 5.74) is 2.70. The average Bonchev–Trinajstić information content (AvgIpc) is 2.51. The molecule has 0 fully saturated rings. The molecule has 6 heteroatoms. The van der Waals surface area contributed by atoms with Crippen LogP contribution in [0.1, 0.15) is 5.69 Å². The summed E-state index contributed by atoms with van der Waals surface area (Å²) in [6, 6.07) is 17.2. The minimum absolute atomic E-state index is 0.530. The van der Waals surface area contributed by atoms with Crippen LogP contribution in [-0.2, 0) is 0 Å². The molecule has 0 aliphatic carbocycles. The smallest absolute Gasteiger partial charge is 0.229 e. The highest BCUT2D eigenvalue weighted by Gasteiger charge is 2.05. The lowest BCUT2D eigenvalue weighted by Gasteiger charge is -2.11. The van der Waals surface area contributed by atoms with Gasteiger partial charge in [-0.2, -0.15) is 4.98 Å². The van der Waals surface area contributed by atoms with Crippen LogP contribution in [0.5, 0.6) is 0 Å². The largest absolute Gasteiger partial charge is 0.339 e. The molecule has 1 aromatic heterocycles. The van der Waals surface area contributed by atoms with Crippen LogP contribution >= 0.6 is 27.5 Å². The summed E-state index contributed by atoms with van der Waals surface area (Å²) < 4.78 is 0.975. The normalized spacial score (nSPS) is 10.4. The number of aromatic nitrogens is 2. The number of halogens is 2. The molecule has 0 bridgehead atoms. The van der Waals surface area contributed by atoms with Crippen LogP contribution in [0.2, 0.25) is 5.02 Å². The monoisotopic (exact) mass is 388 g/mol. The Labute approximate surface area is 148 Å². The molecule has 23 heavy (non-hydrogen) atoms. The molecule has 0 aliphatic rings. The maximum atomic E-state index is 5.90. The van der Waals surface area contributed by atoms with E-state index >= 15 is 0 Å². The molecule has 3 rings (SSSR count). The molecule has 3 aromatic rings. The Hall–Kier alpha value is -2.11. The third-order valence-electron chi connectivity index (χ3n) is 3.09. The van der Waals surface area contributed by atoms with Gasteiger partial charge < -0.3 is 10.6 Å². The summed E-state index contributed by atoms with van der Waals surface area (Å²) in [6.07, 6.45) is 0. The van der Waals surface area contributed by atoms with Crippen LogP contribution in [0.3, 0.4) is 0 Å². The average molecular weight is 390 g/mol. The first-order valence-electron chi connectivity index (χ1n) is 7.00. The predicted molar refractivity (Wildman–Crippen MR) is 98.9 cm³/mol. The van der Waals surface area contributed by atoms with E-state index in [1.54, 1.807) is 0 Å². The molecule has 0 spiro atoms. The Kier molecular flexibility index (Phi) is 4.79. The highest BCUT2D eigenvalue weighted by atomic mass is 79.9. The zero-order valence-corrected chi connectivity index (χ0v) is 14.7. The van der Waals surface area contributed by atoms with Crippen molar-refractivity contribution in [1.82, 2.24) is 9.97 Å². The van der Waals surface area contributed by atoms with Gasteiger partial charge in [-0.3, -0.25) is 0 Å². The minimum Gasteiger partial charge on any atom is -0.339 e. The topological polar surface area (TPSA) is 49.8 Å².